The molecule has 3 nitrogen and oxygen atoms in total. The van der Waals surface area contributed by atoms with Crippen LogP contribution in [0.4, 0.5) is 0 Å². The molecular formula is C17H20O3. The summed E-state index contributed by atoms with van der Waals surface area (Å²) in [6.45, 7) is 2.01. The molecule has 0 atom stereocenters. The van der Waals surface area contributed by atoms with Crippen molar-refractivity contribution < 1.29 is 14.6 Å². The molecule has 1 aromatic rings. The summed E-state index contributed by atoms with van der Waals surface area (Å²) >= 11 is 0. The summed E-state index contributed by atoms with van der Waals surface area (Å²) in [5.74, 6) is 0.0309. The lowest BCUT2D eigenvalue weighted by Gasteiger charge is -2.24. The fourth-order valence-corrected chi connectivity index (χ4v) is 2.54. The average Bonchev–Trinajstić information content (AvgIpc) is 2.45. The summed E-state index contributed by atoms with van der Waals surface area (Å²) in [7, 11) is 1.64. The summed E-state index contributed by atoms with van der Waals surface area (Å²) in [4.78, 5) is 11.6. The Bertz CT molecular complexity index is 543. The van der Waals surface area contributed by atoms with Gasteiger partial charge >= 0.3 is 5.97 Å². The number of aliphatic carboxylic acids is 1. The van der Waals surface area contributed by atoms with Crippen LogP contribution in [-0.2, 0) is 11.2 Å². The molecule has 1 aromatic carbocycles. The Hall–Kier alpha value is -2.03. The zero-order valence-corrected chi connectivity index (χ0v) is 11.9. The molecule has 3 heteroatoms. The highest BCUT2D eigenvalue weighted by Crippen LogP contribution is 2.32. The number of carbonyl (C=O) groups is 1. The average molecular weight is 272 g/mol. The number of carboxylic acid groups (broad SMARTS) is 1. The van der Waals surface area contributed by atoms with Crippen molar-refractivity contribution in [3.8, 4) is 5.75 Å². The van der Waals surface area contributed by atoms with E-state index in [-0.39, 0.29) is 0 Å². The van der Waals surface area contributed by atoms with Crippen LogP contribution in [0.25, 0.3) is 0 Å². The van der Waals surface area contributed by atoms with Crippen LogP contribution in [0.15, 0.2) is 42.5 Å². The van der Waals surface area contributed by atoms with Crippen molar-refractivity contribution in [2.75, 3.05) is 7.11 Å². The molecule has 0 unspecified atom stereocenters. The van der Waals surface area contributed by atoms with E-state index >= 15 is 0 Å². The Morgan fingerprint density at radius 2 is 2.00 bits per heavy atom. The molecule has 0 spiro atoms. The number of benzene rings is 1. The first-order chi connectivity index (χ1) is 9.55. The van der Waals surface area contributed by atoms with Gasteiger partial charge in [-0.05, 0) is 49.4 Å². The molecule has 0 aromatic heterocycles. The van der Waals surface area contributed by atoms with Gasteiger partial charge < -0.3 is 9.84 Å². The van der Waals surface area contributed by atoms with E-state index < -0.39 is 11.4 Å². The van der Waals surface area contributed by atoms with Crippen LogP contribution in [0.3, 0.4) is 0 Å². The first kappa shape index (κ1) is 14.4. The molecule has 1 aliphatic carbocycles. The monoisotopic (exact) mass is 272 g/mol. The highest BCUT2D eigenvalue weighted by molar-refractivity contribution is 5.80. The number of aryl methyl sites for hydroxylation is 2. The minimum absolute atomic E-state index is 0.557. The molecule has 0 aliphatic heterocycles. The third-order valence-corrected chi connectivity index (χ3v) is 3.67. The van der Waals surface area contributed by atoms with Gasteiger partial charge in [0.05, 0.1) is 7.11 Å². The molecule has 1 aliphatic rings. The zero-order valence-electron chi connectivity index (χ0n) is 11.9. The Balaban J connectivity index is 2.16. The van der Waals surface area contributed by atoms with Gasteiger partial charge in [0.25, 0.3) is 0 Å². The third kappa shape index (κ3) is 3.10. The molecule has 20 heavy (non-hydrogen) atoms. The van der Waals surface area contributed by atoms with Gasteiger partial charge in [-0.1, -0.05) is 30.4 Å². The van der Waals surface area contributed by atoms with E-state index in [1.54, 1.807) is 7.11 Å². The van der Waals surface area contributed by atoms with Gasteiger partial charge in [0.1, 0.15) is 11.2 Å². The predicted molar refractivity (Wildman–Crippen MR) is 79.0 cm³/mol. The van der Waals surface area contributed by atoms with Crippen molar-refractivity contribution in [1.29, 1.82) is 0 Å². The van der Waals surface area contributed by atoms with Crippen LogP contribution in [0.2, 0.25) is 0 Å². The summed E-state index contributed by atoms with van der Waals surface area (Å²) in [6, 6.07) is 6.02. The Morgan fingerprint density at radius 3 is 2.60 bits per heavy atom. The lowest BCUT2D eigenvalue weighted by molar-refractivity contribution is -0.143. The van der Waals surface area contributed by atoms with Crippen LogP contribution < -0.4 is 4.74 Å². The second-order valence-electron chi connectivity index (χ2n) is 5.24. The number of methoxy groups -OCH3 is 1. The van der Waals surface area contributed by atoms with E-state index in [1.165, 1.54) is 0 Å². The molecule has 0 bridgehead atoms. The lowest BCUT2D eigenvalue weighted by Crippen LogP contribution is -2.28. The molecule has 0 radical (unpaired) electrons. The minimum Gasteiger partial charge on any atom is -0.497 e. The quantitative estimate of drug-likeness (QED) is 0.834. The van der Waals surface area contributed by atoms with Gasteiger partial charge in [-0.25, -0.2) is 0 Å². The summed E-state index contributed by atoms with van der Waals surface area (Å²) in [6.07, 6.45) is 9.54. The Labute approximate surface area is 119 Å². The van der Waals surface area contributed by atoms with E-state index in [9.17, 15) is 9.90 Å². The van der Waals surface area contributed by atoms with Gasteiger partial charge in [0, 0.05) is 0 Å². The van der Waals surface area contributed by atoms with Crippen molar-refractivity contribution in [3.63, 3.8) is 0 Å². The van der Waals surface area contributed by atoms with Crippen molar-refractivity contribution in [3.05, 3.63) is 53.6 Å². The topological polar surface area (TPSA) is 46.5 Å². The van der Waals surface area contributed by atoms with Crippen LogP contribution in [-0.4, -0.2) is 18.2 Å². The maximum absolute atomic E-state index is 11.6. The number of hydrogen-bond acceptors (Lipinski definition) is 2. The van der Waals surface area contributed by atoms with Crippen molar-refractivity contribution in [2.24, 2.45) is 5.41 Å². The largest absolute Gasteiger partial charge is 0.497 e. The normalized spacial score (nSPS) is 16.1. The van der Waals surface area contributed by atoms with E-state index in [0.29, 0.717) is 12.8 Å². The van der Waals surface area contributed by atoms with Crippen LogP contribution >= 0.6 is 0 Å². The highest BCUT2D eigenvalue weighted by atomic mass is 16.5. The smallest absolute Gasteiger partial charge is 0.317 e. The van der Waals surface area contributed by atoms with Gasteiger partial charge in [-0.2, -0.15) is 0 Å². The Morgan fingerprint density at radius 1 is 1.30 bits per heavy atom. The second-order valence-corrected chi connectivity index (χ2v) is 5.24. The molecule has 2 rings (SSSR count). The number of hydrogen-bond donors (Lipinski definition) is 1. The van der Waals surface area contributed by atoms with Gasteiger partial charge in [-0.3, -0.25) is 4.79 Å². The maximum Gasteiger partial charge on any atom is 0.317 e. The standard InChI is InChI=1S/C17H20O3/c1-13-10-14(12-15(11-13)20-2)6-9-17(16(18)19)7-4-3-5-8-17/h4-5,7-8,10-12H,3,6,9H2,1-2H3,(H,18,19). The van der Waals surface area contributed by atoms with E-state index in [0.717, 1.165) is 23.3 Å². The fraction of sp³-hybridized carbons (Fsp3) is 0.353. The van der Waals surface area contributed by atoms with Crippen molar-refractivity contribution in [2.45, 2.75) is 26.2 Å². The van der Waals surface area contributed by atoms with E-state index in [1.807, 2.05) is 43.4 Å². The van der Waals surface area contributed by atoms with Crippen LogP contribution in [0, 0.1) is 12.3 Å². The van der Waals surface area contributed by atoms with Gasteiger partial charge in [-0.15, -0.1) is 0 Å². The number of ether oxygens (including phenoxy) is 1. The summed E-state index contributed by atoms with van der Waals surface area (Å²) < 4.78 is 5.26. The van der Waals surface area contributed by atoms with Gasteiger partial charge in [0.15, 0.2) is 0 Å². The molecule has 1 N–H and O–H groups in total. The molecule has 0 saturated heterocycles. The molecule has 0 heterocycles. The Kier molecular flexibility index (Phi) is 4.28. The number of allylic oxidation sites excluding steroid dienone is 2. The summed E-state index contributed by atoms with van der Waals surface area (Å²) in [5, 5.41) is 9.49. The van der Waals surface area contributed by atoms with Crippen molar-refractivity contribution >= 4 is 5.97 Å². The molecule has 0 amide bonds. The first-order valence-electron chi connectivity index (χ1n) is 6.79. The second kappa shape index (κ2) is 5.95. The fourth-order valence-electron chi connectivity index (χ4n) is 2.54. The van der Waals surface area contributed by atoms with E-state index in [2.05, 4.69) is 6.07 Å². The summed E-state index contributed by atoms with van der Waals surface area (Å²) in [5.41, 5.74) is 1.36. The van der Waals surface area contributed by atoms with Crippen LogP contribution in [0.1, 0.15) is 24.0 Å². The van der Waals surface area contributed by atoms with Gasteiger partial charge in [0.2, 0.25) is 0 Å². The SMILES string of the molecule is COc1cc(C)cc(CCC2(C(=O)O)C=CCC=C2)c1. The minimum atomic E-state index is -0.866. The number of carboxylic acids is 1. The predicted octanol–water partition coefficient (Wildman–Crippen LogP) is 3.52. The third-order valence-electron chi connectivity index (χ3n) is 3.67. The molecular weight excluding hydrogens is 252 g/mol. The van der Waals surface area contributed by atoms with E-state index in [4.69, 9.17) is 4.74 Å². The first-order valence-corrected chi connectivity index (χ1v) is 6.79. The zero-order chi connectivity index (χ0) is 14.6. The highest BCUT2D eigenvalue weighted by Gasteiger charge is 2.33. The molecule has 0 fully saturated rings. The number of rotatable bonds is 5. The van der Waals surface area contributed by atoms with Crippen molar-refractivity contribution in [1.82, 2.24) is 0 Å². The maximum atomic E-state index is 11.6. The molecule has 0 saturated carbocycles. The van der Waals surface area contributed by atoms with Crippen LogP contribution in [0.5, 0.6) is 5.75 Å². The molecule has 106 valence electrons. The lowest BCUT2D eigenvalue weighted by atomic mass is 9.79.